The van der Waals surface area contributed by atoms with E-state index in [0.717, 1.165) is 17.6 Å². The van der Waals surface area contributed by atoms with Crippen molar-refractivity contribution < 1.29 is 4.74 Å². The number of alkyl halides is 1. The molecule has 0 unspecified atom stereocenters. The summed E-state index contributed by atoms with van der Waals surface area (Å²) >= 11 is 3.71. The van der Waals surface area contributed by atoms with Gasteiger partial charge in [0.1, 0.15) is 5.75 Å². The summed E-state index contributed by atoms with van der Waals surface area (Å²) in [5, 5.41) is 1.10. The summed E-state index contributed by atoms with van der Waals surface area (Å²) in [6.45, 7) is 1.10. The third-order valence-corrected chi connectivity index (χ3v) is 5.21. The Labute approximate surface area is 118 Å². The van der Waals surface area contributed by atoms with Crippen molar-refractivity contribution in [3.8, 4) is 5.75 Å². The van der Waals surface area contributed by atoms with Crippen molar-refractivity contribution in [2.75, 3.05) is 30.9 Å². The summed E-state index contributed by atoms with van der Waals surface area (Å²) in [5.74, 6) is 0.961. The number of halogens is 1. The number of hydrogen-bond donors (Lipinski definition) is 0. The molecule has 1 saturated carbocycles. The molecule has 1 aromatic rings. The quantitative estimate of drug-likeness (QED) is 0.759. The lowest BCUT2D eigenvalue weighted by Crippen LogP contribution is -2.35. The van der Waals surface area contributed by atoms with Gasteiger partial charge in [-0.15, -0.1) is 0 Å². The maximum atomic E-state index is 5.44. The second-order valence-corrected chi connectivity index (χ2v) is 5.93. The zero-order valence-corrected chi connectivity index (χ0v) is 12.9. The second kappa shape index (κ2) is 5.96. The van der Waals surface area contributed by atoms with E-state index in [1.54, 1.807) is 7.11 Å². The average Bonchev–Trinajstić information content (AvgIpc) is 2.87. The average molecular weight is 312 g/mol. The number of rotatable bonds is 5. The molecule has 18 heavy (non-hydrogen) atoms. The molecule has 2 nitrogen and oxygen atoms in total. The van der Waals surface area contributed by atoms with Crippen molar-refractivity contribution in [1.29, 1.82) is 0 Å². The van der Waals surface area contributed by atoms with Crippen LogP contribution in [0.3, 0.4) is 0 Å². The SMILES string of the molecule is COc1ccccc1N(C)CC1(CBr)CCCC1. The second-order valence-electron chi connectivity index (χ2n) is 5.37. The van der Waals surface area contributed by atoms with E-state index in [1.807, 2.05) is 12.1 Å². The predicted molar refractivity (Wildman–Crippen MR) is 81.0 cm³/mol. The Balaban J connectivity index is 2.13. The molecule has 1 aromatic carbocycles. The molecule has 0 N–H and O–H groups in total. The summed E-state index contributed by atoms with van der Waals surface area (Å²) in [7, 11) is 3.91. The zero-order chi connectivity index (χ0) is 13.0. The van der Waals surface area contributed by atoms with E-state index in [9.17, 15) is 0 Å². The molecule has 0 bridgehead atoms. The molecule has 2 rings (SSSR count). The van der Waals surface area contributed by atoms with Gasteiger partial charge in [-0.1, -0.05) is 40.9 Å². The maximum absolute atomic E-state index is 5.44. The van der Waals surface area contributed by atoms with Crippen molar-refractivity contribution in [2.45, 2.75) is 25.7 Å². The molecular formula is C15H22BrNO. The molecule has 1 aliphatic rings. The van der Waals surface area contributed by atoms with E-state index < -0.39 is 0 Å². The molecule has 0 aromatic heterocycles. The van der Waals surface area contributed by atoms with E-state index in [4.69, 9.17) is 4.74 Å². The van der Waals surface area contributed by atoms with Gasteiger partial charge >= 0.3 is 0 Å². The highest BCUT2D eigenvalue weighted by molar-refractivity contribution is 9.09. The number of benzene rings is 1. The Morgan fingerprint density at radius 1 is 1.28 bits per heavy atom. The van der Waals surface area contributed by atoms with Gasteiger partial charge in [0, 0.05) is 18.9 Å². The normalized spacial score (nSPS) is 17.7. The van der Waals surface area contributed by atoms with Gasteiger partial charge in [0.15, 0.2) is 0 Å². The first kappa shape index (κ1) is 13.7. The Bertz CT molecular complexity index is 388. The molecule has 0 amide bonds. The minimum absolute atomic E-state index is 0.440. The van der Waals surface area contributed by atoms with Gasteiger partial charge in [-0.3, -0.25) is 0 Å². The summed E-state index contributed by atoms with van der Waals surface area (Å²) < 4.78 is 5.44. The summed E-state index contributed by atoms with van der Waals surface area (Å²) in [6.07, 6.45) is 5.40. The van der Waals surface area contributed by atoms with Gasteiger partial charge in [-0.2, -0.15) is 0 Å². The number of nitrogens with zero attached hydrogens (tertiary/aromatic N) is 1. The summed E-state index contributed by atoms with van der Waals surface area (Å²) in [6, 6.07) is 8.26. The predicted octanol–water partition coefficient (Wildman–Crippen LogP) is 4.09. The van der Waals surface area contributed by atoms with Gasteiger partial charge in [0.2, 0.25) is 0 Å². The number of methoxy groups -OCH3 is 1. The van der Waals surface area contributed by atoms with Crippen LogP contribution >= 0.6 is 15.9 Å². The van der Waals surface area contributed by atoms with Crippen molar-refractivity contribution in [2.24, 2.45) is 5.41 Å². The number of para-hydroxylation sites is 2. The van der Waals surface area contributed by atoms with Crippen LogP contribution in [-0.2, 0) is 0 Å². The minimum atomic E-state index is 0.440. The summed E-state index contributed by atoms with van der Waals surface area (Å²) in [5.41, 5.74) is 1.63. The van der Waals surface area contributed by atoms with Crippen LogP contribution in [-0.4, -0.2) is 26.0 Å². The maximum Gasteiger partial charge on any atom is 0.142 e. The van der Waals surface area contributed by atoms with Gasteiger partial charge in [0.25, 0.3) is 0 Å². The smallest absolute Gasteiger partial charge is 0.142 e. The number of ether oxygens (including phenoxy) is 1. The first-order chi connectivity index (χ1) is 8.71. The van der Waals surface area contributed by atoms with Crippen molar-refractivity contribution in [3.63, 3.8) is 0 Å². The monoisotopic (exact) mass is 311 g/mol. The van der Waals surface area contributed by atoms with Crippen LogP contribution in [0.2, 0.25) is 0 Å². The molecule has 0 spiro atoms. The molecule has 0 aliphatic heterocycles. The van der Waals surface area contributed by atoms with Gasteiger partial charge in [-0.05, 0) is 30.4 Å². The Kier molecular flexibility index (Phi) is 4.55. The van der Waals surface area contributed by atoms with Crippen LogP contribution in [0.15, 0.2) is 24.3 Å². The fourth-order valence-electron chi connectivity index (χ4n) is 2.99. The van der Waals surface area contributed by atoms with Crippen LogP contribution in [0.4, 0.5) is 5.69 Å². The van der Waals surface area contributed by atoms with Gasteiger partial charge in [0.05, 0.1) is 12.8 Å². The molecule has 0 saturated heterocycles. The fourth-order valence-corrected chi connectivity index (χ4v) is 3.73. The van der Waals surface area contributed by atoms with E-state index in [-0.39, 0.29) is 0 Å². The topological polar surface area (TPSA) is 12.5 Å². The molecule has 0 heterocycles. The lowest BCUT2D eigenvalue weighted by molar-refractivity contribution is 0.353. The van der Waals surface area contributed by atoms with Crippen LogP contribution < -0.4 is 9.64 Å². The van der Waals surface area contributed by atoms with Crippen LogP contribution in [0.5, 0.6) is 5.75 Å². The van der Waals surface area contributed by atoms with Gasteiger partial charge in [-0.25, -0.2) is 0 Å². The third kappa shape index (κ3) is 2.82. The molecule has 1 aliphatic carbocycles. The summed E-state index contributed by atoms with van der Waals surface area (Å²) in [4.78, 5) is 2.34. The standard InChI is InChI=1S/C15H22BrNO/c1-17(12-15(11-16)9-5-6-10-15)13-7-3-4-8-14(13)18-2/h3-4,7-8H,5-6,9-12H2,1-2H3. The van der Waals surface area contributed by atoms with Crippen molar-refractivity contribution in [3.05, 3.63) is 24.3 Å². The van der Waals surface area contributed by atoms with E-state index in [1.165, 1.54) is 31.4 Å². The highest BCUT2D eigenvalue weighted by Crippen LogP contribution is 2.41. The number of anilines is 1. The van der Waals surface area contributed by atoms with Crippen LogP contribution in [0, 0.1) is 5.41 Å². The van der Waals surface area contributed by atoms with Crippen molar-refractivity contribution in [1.82, 2.24) is 0 Å². The lowest BCUT2D eigenvalue weighted by atomic mass is 9.88. The van der Waals surface area contributed by atoms with Crippen LogP contribution in [0.1, 0.15) is 25.7 Å². The van der Waals surface area contributed by atoms with E-state index in [0.29, 0.717) is 5.41 Å². The van der Waals surface area contributed by atoms with E-state index in [2.05, 4.69) is 40.0 Å². The molecule has 1 fully saturated rings. The first-order valence-corrected chi connectivity index (χ1v) is 7.73. The lowest BCUT2D eigenvalue weighted by Gasteiger charge is -2.33. The zero-order valence-electron chi connectivity index (χ0n) is 11.3. The molecule has 0 atom stereocenters. The molecular weight excluding hydrogens is 290 g/mol. The molecule has 0 radical (unpaired) electrons. The van der Waals surface area contributed by atoms with Crippen molar-refractivity contribution >= 4 is 21.6 Å². The number of hydrogen-bond acceptors (Lipinski definition) is 2. The Morgan fingerprint density at radius 2 is 1.94 bits per heavy atom. The third-order valence-electron chi connectivity index (χ3n) is 4.02. The molecule has 3 heteroatoms. The van der Waals surface area contributed by atoms with E-state index >= 15 is 0 Å². The van der Waals surface area contributed by atoms with Gasteiger partial charge < -0.3 is 9.64 Å². The Hall–Kier alpha value is -0.700. The molecule has 100 valence electrons. The fraction of sp³-hybridized carbons (Fsp3) is 0.600. The largest absolute Gasteiger partial charge is 0.495 e. The van der Waals surface area contributed by atoms with Crippen LogP contribution in [0.25, 0.3) is 0 Å². The Morgan fingerprint density at radius 3 is 2.56 bits per heavy atom. The highest BCUT2D eigenvalue weighted by Gasteiger charge is 2.34. The first-order valence-electron chi connectivity index (χ1n) is 6.61. The minimum Gasteiger partial charge on any atom is -0.495 e. The highest BCUT2D eigenvalue weighted by atomic mass is 79.9.